The second kappa shape index (κ2) is 9.27. The van der Waals surface area contributed by atoms with E-state index >= 15 is 0 Å². The average molecular weight is 455 g/mol. The number of amides is 1. The van der Waals surface area contributed by atoms with E-state index in [-0.39, 0.29) is 18.2 Å². The fourth-order valence-corrected chi connectivity index (χ4v) is 3.24. The second-order valence-electron chi connectivity index (χ2n) is 7.23. The van der Waals surface area contributed by atoms with Gasteiger partial charge in [-0.05, 0) is 36.8 Å². The molecule has 4 heterocycles. The van der Waals surface area contributed by atoms with Gasteiger partial charge in [0.15, 0.2) is 5.69 Å². The number of halogens is 3. The molecule has 0 aliphatic carbocycles. The molecule has 0 spiro atoms. The molecular formula is C23H20F3N5O2. The van der Waals surface area contributed by atoms with Crippen molar-refractivity contribution in [1.82, 2.24) is 24.7 Å². The molecule has 0 aromatic carbocycles. The van der Waals surface area contributed by atoms with Gasteiger partial charge in [-0.3, -0.25) is 14.2 Å². The Labute approximate surface area is 187 Å². The second-order valence-corrected chi connectivity index (χ2v) is 7.23. The number of ether oxygens (including phenoxy) is 1. The van der Waals surface area contributed by atoms with Gasteiger partial charge in [0.1, 0.15) is 17.9 Å². The van der Waals surface area contributed by atoms with Gasteiger partial charge in [-0.25, -0.2) is 9.97 Å². The van der Waals surface area contributed by atoms with Gasteiger partial charge in [0.2, 0.25) is 5.88 Å². The SMILES string of the molecule is CC[C@@H](COc1ccc(C(F)(F)F)cn1)NC(=O)c1nc2ccccn2c1-c1ccccn1. The van der Waals surface area contributed by atoms with Crippen LogP contribution < -0.4 is 10.1 Å². The molecule has 1 amide bonds. The topological polar surface area (TPSA) is 81.4 Å². The predicted octanol–water partition coefficient (Wildman–Crippen LogP) is 4.40. The van der Waals surface area contributed by atoms with Crippen molar-refractivity contribution in [3.05, 3.63) is 78.4 Å². The van der Waals surface area contributed by atoms with Gasteiger partial charge in [-0.1, -0.05) is 19.1 Å². The first-order valence-corrected chi connectivity index (χ1v) is 10.2. The number of fused-ring (bicyclic) bond motifs is 1. The van der Waals surface area contributed by atoms with Crippen molar-refractivity contribution in [3.8, 4) is 17.3 Å². The van der Waals surface area contributed by atoms with Crippen molar-refractivity contribution in [2.75, 3.05) is 6.61 Å². The van der Waals surface area contributed by atoms with Crippen molar-refractivity contribution in [2.24, 2.45) is 0 Å². The molecule has 1 atom stereocenters. The Balaban J connectivity index is 1.51. The number of rotatable bonds is 7. The Morgan fingerprint density at radius 2 is 1.94 bits per heavy atom. The molecule has 0 radical (unpaired) electrons. The lowest BCUT2D eigenvalue weighted by molar-refractivity contribution is -0.137. The molecule has 170 valence electrons. The van der Waals surface area contributed by atoms with E-state index in [9.17, 15) is 18.0 Å². The van der Waals surface area contributed by atoms with Crippen molar-refractivity contribution in [2.45, 2.75) is 25.6 Å². The molecule has 0 unspecified atom stereocenters. The summed E-state index contributed by atoms with van der Waals surface area (Å²) in [7, 11) is 0. The normalized spacial score (nSPS) is 12.5. The van der Waals surface area contributed by atoms with Crippen molar-refractivity contribution in [3.63, 3.8) is 0 Å². The van der Waals surface area contributed by atoms with E-state index in [0.717, 1.165) is 12.1 Å². The number of hydrogen-bond donors (Lipinski definition) is 1. The largest absolute Gasteiger partial charge is 0.475 e. The summed E-state index contributed by atoms with van der Waals surface area (Å²) in [6.45, 7) is 1.89. The molecule has 0 aliphatic heterocycles. The molecule has 0 saturated carbocycles. The molecule has 7 nitrogen and oxygen atoms in total. The van der Waals surface area contributed by atoms with Gasteiger partial charge < -0.3 is 10.1 Å². The lowest BCUT2D eigenvalue weighted by Gasteiger charge is -2.17. The fourth-order valence-electron chi connectivity index (χ4n) is 3.24. The van der Waals surface area contributed by atoms with Crippen molar-refractivity contribution < 1.29 is 22.7 Å². The number of imidazole rings is 1. The quantitative estimate of drug-likeness (QED) is 0.447. The summed E-state index contributed by atoms with van der Waals surface area (Å²) in [5.41, 5.74) is 1.11. The summed E-state index contributed by atoms with van der Waals surface area (Å²) in [6.07, 6.45) is 0.215. The number of carbonyl (C=O) groups is 1. The van der Waals surface area contributed by atoms with E-state index in [2.05, 4.69) is 20.3 Å². The number of alkyl halides is 3. The molecule has 0 aliphatic rings. The summed E-state index contributed by atoms with van der Waals surface area (Å²) in [6, 6.07) is 12.5. The third-order valence-electron chi connectivity index (χ3n) is 4.98. The van der Waals surface area contributed by atoms with Crippen LogP contribution >= 0.6 is 0 Å². The van der Waals surface area contributed by atoms with Gasteiger partial charge in [-0.15, -0.1) is 0 Å². The number of nitrogens with zero attached hydrogens (tertiary/aromatic N) is 4. The third kappa shape index (κ3) is 4.94. The fraction of sp³-hybridized carbons (Fsp3) is 0.217. The van der Waals surface area contributed by atoms with Gasteiger partial charge in [0, 0.05) is 24.7 Å². The van der Waals surface area contributed by atoms with E-state index in [1.54, 1.807) is 35.0 Å². The monoisotopic (exact) mass is 455 g/mol. The highest BCUT2D eigenvalue weighted by molar-refractivity contribution is 5.99. The van der Waals surface area contributed by atoms with Crippen LogP contribution in [0.5, 0.6) is 5.88 Å². The Morgan fingerprint density at radius 1 is 1.12 bits per heavy atom. The zero-order chi connectivity index (χ0) is 23.4. The van der Waals surface area contributed by atoms with Crippen LogP contribution in [-0.4, -0.2) is 37.9 Å². The smallest absolute Gasteiger partial charge is 0.417 e. The van der Waals surface area contributed by atoms with Gasteiger partial charge >= 0.3 is 6.18 Å². The van der Waals surface area contributed by atoms with E-state index in [1.807, 2.05) is 25.1 Å². The molecule has 0 fully saturated rings. The molecule has 4 aromatic heterocycles. The highest BCUT2D eigenvalue weighted by Gasteiger charge is 2.30. The molecule has 4 aromatic rings. The summed E-state index contributed by atoms with van der Waals surface area (Å²) >= 11 is 0. The Morgan fingerprint density at radius 3 is 2.61 bits per heavy atom. The Kier molecular flexibility index (Phi) is 6.25. The van der Waals surface area contributed by atoms with Crippen LogP contribution in [0.25, 0.3) is 17.0 Å². The van der Waals surface area contributed by atoms with Gasteiger partial charge in [0.05, 0.1) is 17.3 Å². The number of aromatic nitrogens is 4. The molecule has 4 rings (SSSR count). The van der Waals surface area contributed by atoms with Crippen LogP contribution in [0, 0.1) is 0 Å². The molecule has 33 heavy (non-hydrogen) atoms. The molecular weight excluding hydrogens is 435 g/mol. The van der Waals surface area contributed by atoms with Gasteiger partial charge in [0.25, 0.3) is 5.91 Å². The van der Waals surface area contributed by atoms with E-state index in [0.29, 0.717) is 29.7 Å². The zero-order valence-corrected chi connectivity index (χ0v) is 17.6. The number of pyridine rings is 3. The third-order valence-corrected chi connectivity index (χ3v) is 4.98. The minimum absolute atomic E-state index is 0.0346. The standard InChI is InChI=1S/C23H20F3N5O2/c1-2-16(14-33-19-10-9-15(13-28-19)23(24,25)26)29-22(32)20-21(17-7-3-5-11-27-17)31-12-6-4-8-18(31)30-20/h3-13,16H,2,14H2,1H3,(H,29,32)/t16-/m0/s1. The number of carbonyl (C=O) groups excluding carboxylic acids is 1. The van der Waals surface area contributed by atoms with Crippen molar-refractivity contribution in [1.29, 1.82) is 0 Å². The van der Waals surface area contributed by atoms with Crippen LogP contribution in [-0.2, 0) is 6.18 Å². The first-order chi connectivity index (χ1) is 15.9. The maximum atomic E-state index is 13.1. The lowest BCUT2D eigenvalue weighted by atomic mass is 10.2. The number of nitrogens with one attached hydrogen (secondary N) is 1. The van der Waals surface area contributed by atoms with Crippen molar-refractivity contribution >= 4 is 11.6 Å². The highest BCUT2D eigenvalue weighted by Crippen LogP contribution is 2.29. The van der Waals surface area contributed by atoms with E-state index in [4.69, 9.17) is 4.74 Å². The van der Waals surface area contributed by atoms with Crippen LogP contribution in [0.3, 0.4) is 0 Å². The zero-order valence-electron chi connectivity index (χ0n) is 17.6. The van der Waals surface area contributed by atoms with E-state index < -0.39 is 23.7 Å². The van der Waals surface area contributed by atoms with E-state index in [1.165, 1.54) is 0 Å². The lowest BCUT2D eigenvalue weighted by Crippen LogP contribution is -2.39. The summed E-state index contributed by atoms with van der Waals surface area (Å²) in [5.74, 6) is -0.368. The van der Waals surface area contributed by atoms with Gasteiger partial charge in [-0.2, -0.15) is 13.2 Å². The minimum Gasteiger partial charge on any atom is -0.475 e. The molecule has 0 bridgehead atoms. The van der Waals surface area contributed by atoms with Crippen LogP contribution in [0.15, 0.2) is 67.1 Å². The molecule has 1 N–H and O–H groups in total. The maximum absolute atomic E-state index is 13.1. The summed E-state index contributed by atoms with van der Waals surface area (Å²) in [4.78, 5) is 25.7. The summed E-state index contributed by atoms with van der Waals surface area (Å²) in [5, 5.41) is 2.88. The minimum atomic E-state index is -4.47. The Bertz CT molecular complexity index is 1240. The van der Waals surface area contributed by atoms with Crippen LogP contribution in [0.4, 0.5) is 13.2 Å². The first kappa shape index (κ1) is 22.3. The highest BCUT2D eigenvalue weighted by atomic mass is 19.4. The number of hydrogen-bond acceptors (Lipinski definition) is 5. The summed E-state index contributed by atoms with van der Waals surface area (Å²) < 4.78 is 45.4. The average Bonchev–Trinajstić information content (AvgIpc) is 3.22. The van der Waals surface area contributed by atoms with Crippen LogP contribution in [0.1, 0.15) is 29.4 Å². The molecule has 10 heteroatoms. The van der Waals surface area contributed by atoms with Crippen LogP contribution in [0.2, 0.25) is 0 Å². The Hall–Kier alpha value is -3.95. The predicted molar refractivity (Wildman–Crippen MR) is 115 cm³/mol. The maximum Gasteiger partial charge on any atom is 0.417 e. The first-order valence-electron chi connectivity index (χ1n) is 10.2. The molecule has 0 saturated heterocycles.